The molecule has 0 bridgehead atoms. The molecule has 1 saturated carbocycles. The maximum absolute atomic E-state index is 13.1. The third-order valence-electron chi connectivity index (χ3n) is 5.88. The van der Waals surface area contributed by atoms with Gasteiger partial charge in [0.25, 0.3) is 10.0 Å². The predicted octanol–water partition coefficient (Wildman–Crippen LogP) is 4.06. The lowest BCUT2D eigenvalue weighted by atomic mass is 10.1. The molecule has 2 aromatic rings. The topological polar surface area (TPSA) is 113 Å². The molecule has 8 nitrogen and oxygen atoms in total. The molecule has 0 unspecified atom stereocenters. The number of aliphatic carboxylic acids is 1. The Morgan fingerprint density at radius 3 is 2.47 bits per heavy atom. The highest BCUT2D eigenvalue weighted by atomic mass is 32.2. The van der Waals surface area contributed by atoms with Crippen molar-refractivity contribution in [3.63, 3.8) is 0 Å². The number of nitrogens with one attached hydrogen (secondary N) is 1. The monoisotopic (exact) mass is 504 g/mol. The molecule has 34 heavy (non-hydrogen) atoms. The Hall–Kier alpha value is -2.69. The van der Waals surface area contributed by atoms with Crippen LogP contribution in [0.4, 0.5) is 4.79 Å². The first-order chi connectivity index (χ1) is 15.9. The van der Waals surface area contributed by atoms with E-state index < -0.39 is 33.1 Å². The van der Waals surface area contributed by atoms with E-state index in [0.29, 0.717) is 19.5 Å². The molecule has 4 rings (SSSR count). The normalized spacial score (nSPS) is 22.7. The predicted molar refractivity (Wildman–Crippen MR) is 129 cm³/mol. The lowest BCUT2D eigenvalue weighted by molar-refractivity contribution is -0.140. The van der Waals surface area contributed by atoms with Crippen LogP contribution in [-0.2, 0) is 19.6 Å². The molecule has 1 aliphatic heterocycles. The SMILES string of the molecule is CC(C)(C)OC(=O)N1CC=C(c2ccc(S(=O)(=O)N[C@@]3(C(=O)O)C[C@H]3c3ccccc3)s2)CC1. The minimum atomic E-state index is -4.03. The number of thiophene rings is 1. The van der Waals surface area contributed by atoms with Gasteiger partial charge in [-0.3, -0.25) is 4.79 Å². The highest BCUT2D eigenvalue weighted by Gasteiger charge is 2.63. The van der Waals surface area contributed by atoms with Crippen LogP contribution in [0.1, 0.15) is 50.0 Å². The zero-order valence-electron chi connectivity index (χ0n) is 19.3. The van der Waals surface area contributed by atoms with Gasteiger partial charge in [0.15, 0.2) is 0 Å². The van der Waals surface area contributed by atoms with Gasteiger partial charge in [0.05, 0.1) is 0 Å². The molecule has 2 aliphatic rings. The van der Waals surface area contributed by atoms with E-state index in [4.69, 9.17) is 4.74 Å². The Morgan fingerprint density at radius 2 is 1.88 bits per heavy atom. The number of nitrogens with zero attached hydrogens (tertiary/aromatic N) is 1. The molecule has 0 spiro atoms. The van der Waals surface area contributed by atoms with Crippen molar-refractivity contribution in [3.05, 3.63) is 59.0 Å². The van der Waals surface area contributed by atoms with Crippen LogP contribution in [-0.4, -0.2) is 54.7 Å². The van der Waals surface area contributed by atoms with Gasteiger partial charge in [0.2, 0.25) is 0 Å². The van der Waals surface area contributed by atoms with Crippen molar-refractivity contribution in [3.8, 4) is 0 Å². The molecule has 1 aliphatic carbocycles. The summed E-state index contributed by atoms with van der Waals surface area (Å²) in [7, 11) is -4.03. The molecule has 0 saturated heterocycles. The van der Waals surface area contributed by atoms with Crippen LogP contribution in [0.5, 0.6) is 0 Å². The van der Waals surface area contributed by atoms with Crippen LogP contribution in [0.15, 0.2) is 52.7 Å². The number of carboxylic acid groups (broad SMARTS) is 1. The van der Waals surface area contributed by atoms with E-state index in [2.05, 4.69) is 4.72 Å². The second-order valence-corrected chi connectivity index (χ2v) is 12.6. The second-order valence-electron chi connectivity index (χ2n) is 9.57. The number of carbonyl (C=O) groups excluding carboxylic acids is 1. The van der Waals surface area contributed by atoms with Gasteiger partial charge in [-0.15, -0.1) is 11.3 Å². The van der Waals surface area contributed by atoms with Crippen LogP contribution >= 0.6 is 11.3 Å². The largest absolute Gasteiger partial charge is 0.480 e. The summed E-state index contributed by atoms with van der Waals surface area (Å²) >= 11 is 1.10. The fourth-order valence-electron chi connectivity index (χ4n) is 4.06. The zero-order valence-corrected chi connectivity index (χ0v) is 20.9. The van der Waals surface area contributed by atoms with Gasteiger partial charge in [-0.25, -0.2) is 13.2 Å². The molecule has 0 radical (unpaired) electrons. The first kappa shape index (κ1) is 24.4. The fraction of sp³-hybridized carbons (Fsp3) is 0.417. The molecule has 1 aromatic carbocycles. The Labute approximate surface area is 203 Å². The molecule has 1 amide bonds. The number of hydrogen-bond acceptors (Lipinski definition) is 6. The van der Waals surface area contributed by atoms with E-state index in [1.54, 1.807) is 11.0 Å². The van der Waals surface area contributed by atoms with Crippen molar-refractivity contribution < 1.29 is 27.9 Å². The number of hydrogen-bond donors (Lipinski definition) is 2. The van der Waals surface area contributed by atoms with E-state index in [-0.39, 0.29) is 16.7 Å². The third-order valence-corrected chi connectivity index (χ3v) is 9.05. The van der Waals surface area contributed by atoms with E-state index >= 15 is 0 Å². The first-order valence-electron chi connectivity index (χ1n) is 11.0. The van der Waals surface area contributed by atoms with Crippen LogP contribution in [0.25, 0.3) is 5.57 Å². The highest BCUT2D eigenvalue weighted by Crippen LogP contribution is 2.52. The summed E-state index contributed by atoms with van der Waals surface area (Å²) in [5.74, 6) is -1.60. The zero-order chi connectivity index (χ0) is 24.7. The summed E-state index contributed by atoms with van der Waals surface area (Å²) in [6, 6.07) is 12.3. The third kappa shape index (κ3) is 5.03. The van der Waals surface area contributed by atoms with Gasteiger partial charge >= 0.3 is 12.1 Å². The van der Waals surface area contributed by atoms with E-state index in [1.807, 2.05) is 57.2 Å². The van der Waals surface area contributed by atoms with E-state index in [9.17, 15) is 23.1 Å². The van der Waals surface area contributed by atoms with E-state index in [0.717, 1.165) is 27.4 Å². The molecular formula is C24H28N2O6S2. The van der Waals surface area contributed by atoms with Gasteiger partial charge in [-0.1, -0.05) is 36.4 Å². The standard InChI is InChI=1S/C24H28N2O6S2/c1-23(2,3)32-22(29)26-13-11-17(12-14-26)19-9-10-20(33-19)34(30,31)25-24(21(27)28)15-18(24)16-7-5-4-6-8-16/h4-11,18,25H,12-15H2,1-3H3,(H,27,28)/t18-,24-/m0/s1. The molecule has 1 fully saturated rings. The van der Waals surface area contributed by atoms with Crippen molar-refractivity contribution in [1.29, 1.82) is 0 Å². The molecular weight excluding hydrogens is 476 g/mol. The number of amides is 1. The fourth-order valence-corrected chi connectivity index (χ4v) is 6.83. The molecule has 10 heteroatoms. The number of carbonyl (C=O) groups is 2. The maximum Gasteiger partial charge on any atom is 0.410 e. The van der Waals surface area contributed by atoms with Gasteiger partial charge in [-0.05, 0) is 56.9 Å². The van der Waals surface area contributed by atoms with Crippen molar-refractivity contribution >= 4 is 39.0 Å². The summed E-state index contributed by atoms with van der Waals surface area (Å²) < 4.78 is 34.1. The number of carboxylic acids is 1. The molecule has 182 valence electrons. The minimum absolute atomic E-state index is 0.0670. The lowest BCUT2D eigenvalue weighted by Gasteiger charge is -2.29. The van der Waals surface area contributed by atoms with Crippen LogP contribution in [0, 0.1) is 0 Å². The van der Waals surface area contributed by atoms with Crippen molar-refractivity contribution in [2.75, 3.05) is 13.1 Å². The number of rotatable bonds is 6. The van der Waals surface area contributed by atoms with Gasteiger partial charge in [-0.2, -0.15) is 4.72 Å². The highest BCUT2D eigenvalue weighted by molar-refractivity contribution is 7.91. The smallest absolute Gasteiger partial charge is 0.410 e. The average molecular weight is 505 g/mol. The Kier molecular flexibility index (Phi) is 6.34. The van der Waals surface area contributed by atoms with Crippen LogP contribution in [0.3, 0.4) is 0 Å². The van der Waals surface area contributed by atoms with Crippen molar-refractivity contribution in [1.82, 2.24) is 9.62 Å². The lowest BCUT2D eigenvalue weighted by Crippen LogP contribution is -2.44. The summed E-state index contributed by atoms with van der Waals surface area (Å²) in [4.78, 5) is 26.7. The van der Waals surface area contributed by atoms with Gasteiger partial charge in [0, 0.05) is 23.9 Å². The average Bonchev–Trinajstić information content (AvgIpc) is 3.26. The van der Waals surface area contributed by atoms with Crippen LogP contribution < -0.4 is 4.72 Å². The number of sulfonamides is 1. The Bertz CT molecular complexity index is 1230. The first-order valence-corrected chi connectivity index (χ1v) is 13.3. The van der Waals surface area contributed by atoms with Gasteiger partial charge < -0.3 is 14.7 Å². The van der Waals surface area contributed by atoms with Crippen LogP contribution in [0.2, 0.25) is 0 Å². The van der Waals surface area contributed by atoms with Crippen molar-refractivity contribution in [2.45, 2.75) is 54.9 Å². The maximum atomic E-state index is 13.1. The second kappa shape index (κ2) is 8.83. The van der Waals surface area contributed by atoms with E-state index in [1.165, 1.54) is 6.07 Å². The summed E-state index contributed by atoms with van der Waals surface area (Å²) in [5.41, 5.74) is -0.365. The summed E-state index contributed by atoms with van der Waals surface area (Å²) in [6.07, 6.45) is 2.30. The van der Waals surface area contributed by atoms with Crippen molar-refractivity contribution in [2.24, 2.45) is 0 Å². The summed E-state index contributed by atoms with van der Waals surface area (Å²) in [6.45, 7) is 6.30. The summed E-state index contributed by atoms with van der Waals surface area (Å²) in [5, 5.41) is 9.82. The minimum Gasteiger partial charge on any atom is -0.480 e. The quantitative estimate of drug-likeness (QED) is 0.613. The number of ether oxygens (including phenoxy) is 1. The Balaban J connectivity index is 1.46. The molecule has 1 aromatic heterocycles. The number of benzene rings is 1. The molecule has 2 N–H and O–H groups in total. The van der Waals surface area contributed by atoms with Gasteiger partial charge in [0.1, 0.15) is 15.3 Å². The Morgan fingerprint density at radius 1 is 1.18 bits per heavy atom. The molecule has 2 heterocycles. The molecule has 2 atom stereocenters.